The second kappa shape index (κ2) is 7.67. The Morgan fingerprint density at radius 1 is 1.35 bits per heavy atom. The molecule has 1 unspecified atom stereocenters. The summed E-state index contributed by atoms with van der Waals surface area (Å²) in [5, 5.41) is 11.6. The lowest BCUT2D eigenvalue weighted by Gasteiger charge is -2.09. The van der Waals surface area contributed by atoms with E-state index in [0.29, 0.717) is 19.4 Å². The number of hydrogen-bond acceptors (Lipinski definition) is 3. The molecule has 1 aromatic heterocycles. The average molecular weight is 340 g/mol. The first-order chi connectivity index (χ1) is 9.34. The van der Waals surface area contributed by atoms with Gasteiger partial charge in [-0.1, -0.05) is 41.7 Å². The van der Waals surface area contributed by atoms with Crippen LogP contribution >= 0.6 is 34.8 Å². The van der Waals surface area contributed by atoms with E-state index < -0.39 is 17.8 Å². The number of nitrogens with one attached hydrogen (secondary N) is 1. The molecule has 0 aliphatic rings. The zero-order valence-corrected chi connectivity index (χ0v) is 12.9. The number of aromatic nitrogens is 1. The Bertz CT molecular complexity index is 523. The summed E-state index contributed by atoms with van der Waals surface area (Å²) in [6.45, 7) is 1.94. The Kier molecular flexibility index (Phi) is 6.52. The Balaban J connectivity index is 2.52. The first-order valence-corrected chi connectivity index (χ1v) is 6.98. The molecule has 0 aliphatic heterocycles. The highest BCUT2D eigenvalue weighted by atomic mass is 35.5. The van der Waals surface area contributed by atoms with Crippen LogP contribution in [-0.2, 0) is 4.79 Å². The van der Waals surface area contributed by atoms with Gasteiger partial charge in [0.1, 0.15) is 5.69 Å². The van der Waals surface area contributed by atoms with E-state index in [1.54, 1.807) is 6.92 Å². The molecule has 1 amide bonds. The summed E-state index contributed by atoms with van der Waals surface area (Å²) in [6.07, 6.45) is 2.26. The number of rotatable bonds is 6. The van der Waals surface area contributed by atoms with Gasteiger partial charge in [-0.15, -0.1) is 0 Å². The lowest BCUT2D eigenvalue weighted by atomic mass is 10.1. The van der Waals surface area contributed by atoms with Gasteiger partial charge in [0.25, 0.3) is 5.91 Å². The quantitative estimate of drug-likeness (QED) is 0.780. The van der Waals surface area contributed by atoms with Crippen molar-refractivity contribution < 1.29 is 14.7 Å². The zero-order valence-electron chi connectivity index (χ0n) is 10.6. The molecule has 110 valence electrons. The number of aliphatic carboxylic acids is 1. The van der Waals surface area contributed by atoms with Gasteiger partial charge in [0.05, 0.1) is 21.0 Å². The molecule has 2 N–H and O–H groups in total. The molecular weight excluding hydrogens is 327 g/mol. The molecule has 1 aromatic rings. The van der Waals surface area contributed by atoms with E-state index in [4.69, 9.17) is 39.9 Å². The van der Waals surface area contributed by atoms with Crippen LogP contribution in [0.3, 0.4) is 0 Å². The molecule has 8 heteroatoms. The third-order valence-corrected chi connectivity index (χ3v) is 3.89. The minimum absolute atomic E-state index is 0.00410. The summed E-state index contributed by atoms with van der Waals surface area (Å²) in [7, 11) is 0. The molecule has 5 nitrogen and oxygen atoms in total. The highest BCUT2D eigenvalue weighted by Gasteiger charge is 2.17. The predicted molar refractivity (Wildman–Crippen MR) is 77.6 cm³/mol. The van der Waals surface area contributed by atoms with Crippen molar-refractivity contribution in [3.8, 4) is 0 Å². The average Bonchev–Trinajstić information content (AvgIpc) is 2.40. The molecule has 0 aliphatic carbocycles. The number of carbonyl (C=O) groups excluding carboxylic acids is 1. The van der Waals surface area contributed by atoms with E-state index in [9.17, 15) is 9.59 Å². The molecule has 0 saturated carbocycles. The molecule has 0 bridgehead atoms. The van der Waals surface area contributed by atoms with Crippen molar-refractivity contribution in [1.29, 1.82) is 0 Å². The second-order valence-corrected chi connectivity index (χ2v) is 5.38. The van der Waals surface area contributed by atoms with Crippen LogP contribution in [0.2, 0.25) is 15.1 Å². The number of nitrogens with zero attached hydrogens (tertiary/aromatic N) is 1. The number of hydrogen-bond donors (Lipinski definition) is 2. The van der Waals surface area contributed by atoms with Gasteiger partial charge >= 0.3 is 5.97 Å². The summed E-state index contributed by atoms with van der Waals surface area (Å²) < 4.78 is 0. The van der Waals surface area contributed by atoms with Crippen molar-refractivity contribution in [1.82, 2.24) is 10.3 Å². The number of carboxylic acids is 1. The number of carboxylic acid groups (broad SMARTS) is 1. The van der Waals surface area contributed by atoms with Gasteiger partial charge in [0, 0.05) is 12.7 Å². The number of amides is 1. The maximum absolute atomic E-state index is 11.8. The maximum Gasteiger partial charge on any atom is 0.306 e. The SMILES string of the molecule is CC(CCCNC(=O)c1ncc(Cl)c(Cl)c1Cl)C(=O)O. The van der Waals surface area contributed by atoms with E-state index in [-0.39, 0.29) is 20.8 Å². The van der Waals surface area contributed by atoms with Gasteiger partial charge in [-0.2, -0.15) is 0 Å². The van der Waals surface area contributed by atoms with Crippen molar-refractivity contribution in [2.45, 2.75) is 19.8 Å². The fraction of sp³-hybridized carbons (Fsp3) is 0.417. The van der Waals surface area contributed by atoms with Gasteiger partial charge in [-0.05, 0) is 12.8 Å². The van der Waals surface area contributed by atoms with E-state index >= 15 is 0 Å². The highest BCUT2D eigenvalue weighted by Crippen LogP contribution is 2.30. The van der Waals surface area contributed by atoms with E-state index in [1.807, 2.05) is 0 Å². The van der Waals surface area contributed by atoms with Crippen LogP contribution in [-0.4, -0.2) is 28.5 Å². The molecule has 1 heterocycles. The van der Waals surface area contributed by atoms with Crippen molar-refractivity contribution in [2.75, 3.05) is 6.54 Å². The monoisotopic (exact) mass is 338 g/mol. The third kappa shape index (κ3) is 4.51. The number of pyridine rings is 1. The van der Waals surface area contributed by atoms with Crippen LogP contribution in [0.1, 0.15) is 30.3 Å². The van der Waals surface area contributed by atoms with Crippen molar-refractivity contribution in [3.63, 3.8) is 0 Å². The van der Waals surface area contributed by atoms with Gasteiger partial charge in [-0.25, -0.2) is 4.98 Å². The van der Waals surface area contributed by atoms with Crippen molar-refractivity contribution in [2.24, 2.45) is 5.92 Å². The lowest BCUT2D eigenvalue weighted by molar-refractivity contribution is -0.141. The van der Waals surface area contributed by atoms with Gasteiger partial charge in [-0.3, -0.25) is 9.59 Å². The first-order valence-electron chi connectivity index (χ1n) is 5.85. The van der Waals surface area contributed by atoms with Crippen LogP contribution in [0.15, 0.2) is 6.20 Å². The van der Waals surface area contributed by atoms with E-state index in [1.165, 1.54) is 6.20 Å². The Labute approximate surface area is 131 Å². The minimum Gasteiger partial charge on any atom is -0.481 e. The smallest absolute Gasteiger partial charge is 0.306 e. The second-order valence-electron chi connectivity index (χ2n) is 4.22. The fourth-order valence-electron chi connectivity index (χ4n) is 1.42. The van der Waals surface area contributed by atoms with E-state index in [2.05, 4.69) is 10.3 Å². The van der Waals surface area contributed by atoms with Crippen LogP contribution in [0.4, 0.5) is 0 Å². The van der Waals surface area contributed by atoms with Gasteiger partial charge in [0.15, 0.2) is 0 Å². The van der Waals surface area contributed by atoms with Crippen molar-refractivity contribution in [3.05, 3.63) is 27.0 Å². The molecular formula is C12H13Cl3N2O3. The summed E-state index contributed by atoms with van der Waals surface area (Å²) in [5.74, 6) is -1.78. The van der Waals surface area contributed by atoms with Crippen LogP contribution in [0.5, 0.6) is 0 Å². The maximum atomic E-state index is 11.8. The summed E-state index contributed by atoms with van der Waals surface area (Å²) in [5.41, 5.74) is -0.00708. The highest BCUT2D eigenvalue weighted by molar-refractivity contribution is 6.48. The summed E-state index contributed by atoms with van der Waals surface area (Å²) in [6, 6.07) is 0. The molecule has 0 aromatic carbocycles. The summed E-state index contributed by atoms with van der Waals surface area (Å²) in [4.78, 5) is 26.3. The molecule has 0 spiro atoms. The largest absolute Gasteiger partial charge is 0.481 e. The van der Waals surface area contributed by atoms with Crippen molar-refractivity contribution >= 4 is 46.7 Å². The van der Waals surface area contributed by atoms with E-state index in [0.717, 1.165) is 0 Å². The molecule has 0 saturated heterocycles. The minimum atomic E-state index is -0.856. The first kappa shape index (κ1) is 17.0. The molecule has 0 radical (unpaired) electrons. The van der Waals surface area contributed by atoms with Gasteiger partial charge < -0.3 is 10.4 Å². The van der Waals surface area contributed by atoms with Crippen LogP contribution < -0.4 is 5.32 Å². The number of carbonyl (C=O) groups is 2. The standard InChI is InChI=1S/C12H13Cl3N2O3/c1-6(12(19)20)3-2-4-16-11(18)10-9(15)8(14)7(13)5-17-10/h5-6H,2-4H2,1H3,(H,16,18)(H,19,20). The Morgan fingerprint density at radius 3 is 2.60 bits per heavy atom. The van der Waals surface area contributed by atoms with Crippen LogP contribution in [0, 0.1) is 5.92 Å². The topological polar surface area (TPSA) is 79.3 Å². The Hall–Kier alpha value is -1.04. The molecule has 1 atom stereocenters. The fourth-order valence-corrected chi connectivity index (χ4v) is 1.99. The van der Waals surface area contributed by atoms with Gasteiger partial charge in [0.2, 0.25) is 0 Å². The third-order valence-electron chi connectivity index (χ3n) is 2.65. The predicted octanol–water partition coefficient (Wildman–Crippen LogP) is 3.27. The molecule has 0 fully saturated rings. The molecule has 20 heavy (non-hydrogen) atoms. The zero-order chi connectivity index (χ0) is 15.3. The number of halogens is 3. The van der Waals surface area contributed by atoms with Crippen LogP contribution in [0.25, 0.3) is 0 Å². The molecule has 1 rings (SSSR count). The normalized spacial score (nSPS) is 12.0. The lowest BCUT2D eigenvalue weighted by Crippen LogP contribution is -2.26. The summed E-state index contributed by atoms with van der Waals surface area (Å²) >= 11 is 17.4. The Morgan fingerprint density at radius 2 is 2.00 bits per heavy atom.